The second kappa shape index (κ2) is 11.6. The topological polar surface area (TPSA) is 19.0 Å². The molecular weight excluding hydrogens is 302 g/mol. The van der Waals surface area contributed by atoms with Crippen LogP contribution in [-0.2, 0) is 4.43 Å². The Labute approximate surface area is 146 Å². The highest BCUT2D eigenvalue weighted by Crippen LogP contribution is 2.13. The Morgan fingerprint density at radius 3 is 1.87 bits per heavy atom. The van der Waals surface area contributed by atoms with Gasteiger partial charge in [-0.25, -0.2) is 0 Å². The first-order chi connectivity index (χ1) is 11.0. The van der Waals surface area contributed by atoms with Gasteiger partial charge in [-0.1, -0.05) is 13.8 Å². The summed E-state index contributed by atoms with van der Waals surface area (Å²) in [6.07, 6.45) is 3.84. The van der Waals surface area contributed by atoms with Gasteiger partial charge in [0.15, 0.2) is 8.32 Å². The molecule has 0 atom stereocenters. The number of piperazine rings is 1. The van der Waals surface area contributed by atoms with Crippen molar-refractivity contribution in [2.75, 3.05) is 66.0 Å². The summed E-state index contributed by atoms with van der Waals surface area (Å²) in [7, 11) is 0.521. The molecule has 0 aliphatic carbocycles. The van der Waals surface area contributed by atoms with Crippen LogP contribution in [0.25, 0.3) is 0 Å². The van der Waals surface area contributed by atoms with Gasteiger partial charge in [-0.3, -0.25) is 4.90 Å². The predicted octanol–water partition coefficient (Wildman–Crippen LogP) is 2.97. The van der Waals surface area contributed by atoms with Crippen molar-refractivity contribution in [3.05, 3.63) is 0 Å². The van der Waals surface area contributed by atoms with Gasteiger partial charge < -0.3 is 14.2 Å². The fourth-order valence-electron chi connectivity index (χ4n) is 3.32. The Kier molecular flexibility index (Phi) is 10.6. The molecule has 0 radical (unpaired) electrons. The molecule has 4 nitrogen and oxygen atoms in total. The SMILES string of the molecule is CCCN(CCC)CCN1CCN(CCC[Si](C)(C)OC)CC1. The lowest BCUT2D eigenvalue weighted by Crippen LogP contribution is -2.48. The number of hydrogen-bond acceptors (Lipinski definition) is 4. The van der Waals surface area contributed by atoms with E-state index >= 15 is 0 Å². The first-order valence-corrected chi connectivity index (χ1v) is 12.8. The molecule has 1 aliphatic heterocycles. The Morgan fingerprint density at radius 2 is 1.39 bits per heavy atom. The normalized spacial score (nSPS) is 18.0. The van der Waals surface area contributed by atoms with Crippen molar-refractivity contribution in [1.82, 2.24) is 14.7 Å². The van der Waals surface area contributed by atoms with E-state index in [4.69, 9.17) is 4.43 Å². The van der Waals surface area contributed by atoms with Crippen molar-refractivity contribution in [3.8, 4) is 0 Å². The predicted molar refractivity (Wildman–Crippen MR) is 104 cm³/mol. The second-order valence-electron chi connectivity index (χ2n) is 7.59. The van der Waals surface area contributed by atoms with Crippen molar-refractivity contribution in [3.63, 3.8) is 0 Å². The van der Waals surface area contributed by atoms with Crippen molar-refractivity contribution in [1.29, 1.82) is 0 Å². The molecule has 1 rings (SSSR count). The lowest BCUT2D eigenvalue weighted by atomic mass is 10.3. The van der Waals surface area contributed by atoms with Crippen LogP contribution in [0.2, 0.25) is 19.1 Å². The van der Waals surface area contributed by atoms with Gasteiger partial charge in [0.2, 0.25) is 0 Å². The van der Waals surface area contributed by atoms with Crippen molar-refractivity contribution < 1.29 is 4.43 Å². The smallest absolute Gasteiger partial charge is 0.186 e. The fourth-order valence-corrected chi connectivity index (χ4v) is 4.53. The molecule has 1 fully saturated rings. The van der Waals surface area contributed by atoms with E-state index in [1.165, 1.54) is 84.2 Å². The number of hydrogen-bond donors (Lipinski definition) is 0. The van der Waals surface area contributed by atoms with Gasteiger partial charge in [-0.2, -0.15) is 0 Å². The van der Waals surface area contributed by atoms with Crippen molar-refractivity contribution in [2.24, 2.45) is 0 Å². The molecule has 0 aromatic carbocycles. The average Bonchev–Trinajstić information content (AvgIpc) is 2.54. The van der Waals surface area contributed by atoms with Gasteiger partial charge in [-0.15, -0.1) is 0 Å². The summed E-state index contributed by atoms with van der Waals surface area (Å²) >= 11 is 0. The van der Waals surface area contributed by atoms with Crippen LogP contribution >= 0.6 is 0 Å². The van der Waals surface area contributed by atoms with Gasteiger partial charge in [0, 0.05) is 46.4 Å². The van der Waals surface area contributed by atoms with E-state index in [2.05, 4.69) is 41.6 Å². The van der Waals surface area contributed by atoms with Crippen LogP contribution in [0.5, 0.6) is 0 Å². The molecule has 0 unspecified atom stereocenters. The van der Waals surface area contributed by atoms with E-state index in [0.29, 0.717) is 0 Å². The quantitative estimate of drug-likeness (QED) is 0.507. The zero-order valence-corrected chi connectivity index (χ0v) is 17.4. The molecule has 0 N–H and O–H groups in total. The van der Waals surface area contributed by atoms with Crippen LogP contribution in [0.1, 0.15) is 33.1 Å². The Morgan fingerprint density at radius 1 is 0.870 bits per heavy atom. The highest BCUT2D eigenvalue weighted by Gasteiger charge is 2.21. The molecule has 0 bridgehead atoms. The third-order valence-corrected chi connectivity index (χ3v) is 7.75. The molecular formula is C18H41N3OSi. The standard InChI is InChI=1S/C18H41N3OSi/c1-6-9-19(10-7-2)12-15-21-16-13-20(14-17-21)11-8-18-23(4,5)22-3/h6-18H2,1-5H3. The lowest BCUT2D eigenvalue weighted by molar-refractivity contribution is 0.118. The average molecular weight is 344 g/mol. The van der Waals surface area contributed by atoms with Crippen LogP contribution in [0, 0.1) is 0 Å². The molecule has 0 amide bonds. The zero-order chi connectivity index (χ0) is 17.1. The first-order valence-electron chi connectivity index (χ1n) is 9.73. The molecule has 0 aromatic heterocycles. The second-order valence-corrected chi connectivity index (χ2v) is 12.0. The van der Waals surface area contributed by atoms with E-state index in [1.807, 2.05) is 7.11 Å². The third-order valence-electron chi connectivity index (χ3n) is 5.08. The summed E-state index contributed by atoms with van der Waals surface area (Å²) in [4.78, 5) is 7.93. The minimum Gasteiger partial charge on any atom is -0.420 e. The summed E-state index contributed by atoms with van der Waals surface area (Å²) in [6, 6.07) is 1.28. The van der Waals surface area contributed by atoms with E-state index in [-0.39, 0.29) is 0 Å². The van der Waals surface area contributed by atoms with Crippen LogP contribution in [0.3, 0.4) is 0 Å². The van der Waals surface area contributed by atoms with Crippen LogP contribution in [0.4, 0.5) is 0 Å². The summed E-state index contributed by atoms with van der Waals surface area (Å²) in [5.41, 5.74) is 0. The van der Waals surface area contributed by atoms with E-state index in [0.717, 1.165) is 0 Å². The van der Waals surface area contributed by atoms with Gasteiger partial charge in [-0.05, 0) is 58.0 Å². The third kappa shape index (κ3) is 9.20. The zero-order valence-electron chi connectivity index (χ0n) is 16.4. The van der Waals surface area contributed by atoms with E-state index < -0.39 is 8.32 Å². The largest absolute Gasteiger partial charge is 0.420 e. The lowest BCUT2D eigenvalue weighted by Gasteiger charge is -2.36. The van der Waals surface area contributed by atoms with Gasteiger partial charge in [0.05, 0.1) is 0 Å². The molecule has 0 aromatic rings. The molecule has 1 aliphatic rings. The van der Waals surface area contributed by atoms with Gasteiger partial charge >= 0.3 is 0 Å². The minimum absolute atomic E-state index is 1.25. The van der Waals surface area contributed by atoms with E-state index in [1.54, 1.807) is 0 Å². The Bertz CT molecular complexity index is 288. The summed E-state index contributed by atoms with van der Waals surface area (Å²) in [5.74, 6) is 0. The molecule has 5 heteroatoms. The maximum absolute atomic E-state index is 5.65. The molecule has 0 spiro atoms. The first kappa shape index (κ1) is 21.1. The van der Waals surface area contributed by atoms with Crippen LogP contribution in [-0.4, -0.2) is 89.0 Å². The van der Waals surface area contributed by atoms with E-state index in [9.17, 15) is 0 Å². The maximum atomic E-state index is 5.65. The fraction of sp³-hybridized carbons (Fsp3) is 1.00. The van der Waals surface area contributed by atoms with Gasteiger partial charge in [0.25, 0.3) is 0 Å². The molecule has 0 saturated carbocycles. The monoisotopic (exact) mass is 343 g/mol. The van der Waals surface area contributed by atoms with Crippen molar-refractivity contribution in [2.45, 2.75) is 52.2 Å². The van der Waals surface area contributed by atoms with Crippen molar-refractivity contribution >= 4 is 8.32 Å². The highest BCUT2D eigenvalue weighted by atomic mass is 28.4. The Balaban J connectivity index is 2.15. The summed E-state index contributed by atoms with van der Waals surface area (Å²) in [6.45, 7) is 20.5. The van der Waals surface area contributed by atoms with Crippen LogP contribution in [0.15, 0.2) is 0 Å². The molecule has 1 saturated heterocycles. The molecule has 1 heterocycles. The number of rotatable bonds is 12. The molecule has 23 heavy (non-hydrogen) atoms. The van der Waals surface area contributed by atoms with Crippen LogP contribution < -0.4 is 0 Å². The molecule has 138 valence electrons. The highest BCUT2D eigenvalue weighted by molar-refractivity contribution is 6.71. The number of nitrogens with zero attached hydrogens (tertiary/aromatic N) is 3. The maximum Gasteiger partial charge on any atom is 0.186 e. The van der Waals surface area contributed by atoms with Gasteiger partial charge in [0.1, 0.15) is 0 Å². The Hall–Kier alpha value is 0.0569. The summed E-state index contributed by atoms with van der Waals surface area (Å²) in [5, 5.41) is 0. The minimum atomic E-state index is -1.36. The summed E-state index contributed by atoms with van der Waals surface area (Å²) < 4.78 is 5.65.